The van der Waals surface area contributed by atoms with Crippen LogP contribution in [0, 0.1) is 0 Å². The highest BCUT2D eigenvalue weighted by atomic mass is 35.5. The van der Waals surface area contributed by atoms with E-state index in [1.54, 1.807) is 0 Å². The minimum Gasteiger partial charge on any atom is -0.305 e. The Kier molecular flexibility index (Phi) is 9.78. The Labute approximate surface area is 136 Å². The SMILES string of the molecule is CCCCCCc1ccc(C(Cl)CN(C)CCCC)cc1. The molecule has 0 aliphatic carbocycles. The zero-order valence-electron chi connectivity index (χ0n) is 14.1. The van der Waals surface area contributed by atoms with E-state index in [0.29, 0.717) is 0 Å². The third kappa shape index (κ3) is 7.87. The molecule has 21 heavy (non-hydrogen) atoms. The van der Waals surface area contributed by atoms with Crippen molar-refractivity contribution in [3.8, 4) is 0 Å². The number of alkyl halides is 1. The second kappa shape index (κ2) is 11.1. The van der Waals surface area contributed by atoms with Gasteiger partial charge in [-0.15, -0.1) is 11.6 Å². The Morgan fingerprint density at radius 3 is 2.24 bits per heavy atom. The van der Waals surface area contributed by atoms with Crippen LogP contribution in [-0.4, -0.2) is 25.0 Å². The molecule has 0 N–H and O–H groups in total. The molecular formula is C19H32ClN. The lowest BCUT2D eigenvalue weighted by atomic mass is 10.0. The van der Waals surface area contributed by atoms with Gasteiger partial charge < -0.3 is 4.90 Å². The van der Waals surface area contributed by atoms with Gasteiger partial charge in [-0.2, -0.15) is 0 Å². The van der Waals surface area contributed by atoms with Crippen LogP contribution in [0.2, 0.25) is 0 Å². The molecule has 0 aliphatic heterocycles. The maximum atomic E-state index is 6.54. The van der Waals surface area contributed by atoms with Crippen LogP contribution < -0.4 is 0 Å². The van der Waals surface area contributed by atoms with Crippen molar-refractivity contribution < 1.29 is 0 Å². The Balaban J connectivity index is 2.38. The summed E-state index contributed by atoms with van der Waals surface area (Å²) in [5.74, 6) is 0. The molecule has 0 spiro atoms. The van der Waals surface area contributed by atoms with Crippen molar-refractivity contribution in [2.24, 2.45) is 0 Å². The first-order valence-electron chi connectivity index (χ1n) is 8.58. The Morgan fingerprint density at radius 2 is 1.62 bits per heavy atom. The van der Waals surface area contributed by atoms with Gasteiger partial charge in [-0.05, 0) is 44.0 Å². The number of unbranched alkanes of at least 4 members (excludes halogenated alkanes) is 4. The molecule has 0 bridgehead atoms. The number of nitrogens with zero attached hydrogens (tertiary/aromatic N) is 1. The summed E-state index contributed by atoms with van der Waals surface area (Å²) >= 11 is 6.54. The normalized spacial score (nSPS) is 12.8. The number of hydrogen-bond acceptors (Lipinski definition) is 1. The topological polar surface area (TPSA) is 3.24 Å². The van der Waals surface area contributed by atoms with E-state index < -0.39 is 0 Å². The van der Waals surface area contributed by atoms with Crippen molar-refractivity contribution in [2.75, 3.05) is 20.1 Å². The lowest BCUT2D eigenvalue weighted by Gasteiger charge is -2.20. The molecule has 0 aliphatic rings. The summed E-state index contributed by atoms with van der Waals surface area (Å²) in [6.07, 6.45) is 8.99. The molecule has 1 unspecified atom stereocenters. The van der Waals surface area contributed by atoms with Gasteiger partial charge in [-0.1, -0.05) is 63.8 Å². The summed E-state index contributed by atoms with van der Waals surface area (Å²) in [6, 6.07) is 8.92. The quantitative estimate of drug-likeness (QED) is 0.367. The van der Waals surface area contributed by atoms with E-state index >= 15 is 0 Å². The van der Waals surface area contributed by atoms with Crippen molar-refractivity contribution in [3.05, 3.63) is 35.4 Å². The van der Waals surface area contributed by atoms with Crippen LogP contribution in [0.1, 0.15) is 68.9 Å². The smallest absolute Gasteiger partial charge is 0.0712 e. The zero-order chi connectivity index (χ0) is 15.5. The molecule has 2 heteroatoms. The van der Waals surface area contributed by atoms with Crippen LogP contribution in [0.15, 0.2) is 24.3 Å². The number of halogens is 1. The maximum absolute atomic E-state index is 6.54. The third-order valence-corrected chi connectivity index (χ3v) is 4.42. The highest BCUT2D eigenvalue weighted by molar-refractivity contribution is 6.21. The summed E-state index contributed by atoms with van der Waals surface area (Å²) in [5.41, 5.74) is 2.69. The van der Waals surface area contributed by atoms with Crippen LogP contribution in [-0.2, 0) is 6.42 Å². The molecule has 1 aromatic rings. The Morgan fingerprint density at radius 1 is 0.952 bits per heavy atom. The number of hydrogen-bond donors (Lipinski definition) is 0. The fourth-order valence-corrected chi connectivity index (χ4v) is 2.93. The van der Waals surface area contributed by atoms with Gasteiger partial charge in [0.25, 0.3) is 0 Å². The minimum absolute atomic E-state index is 0.0981. The zero-order valence-corrected chi connectivity index (χ0v) is 14.8. The third-order valence-electron chi connectivity index (χ3n) is 4.03. The largest absolute Gasteiger partial charge is 0.305 e. The van der Waals surface area contributed by atoms with Crippen LogP contribution in [0.5, 0.6) is 0 Å². The molecule has 0 radical (unpaired) electrons. The molecule has 0 aromatic heterocycles. The molecule has 1 atom stereocenters. The summed E-state index contributed by atoms with van der Waals surface area (Å²) < 4.78 is 0. The van der Waals surface area contributed by atoms with E-state index in [9.17, 15) is 0 Å². The first-order valence-corrected chi connectivity index (χ1v) is 9.02. The molecule has 1 nitrogen and oxygen atoms in total. The summed E-state index contributed by atoms with van der Waals surface area (Å²) in [6.45, 7) is 6.55. The van der Waals surface area contributed by atoms with Crippen molar-refractivity contribution in [1.29, 1.82) is 0 Å². The number of rotatable bonds is 11. The average Bonchev–Trinajstić information content (AvgIpc) is 2.50. The van der Waals surface area contributed by atoms with Crippen LogP contribution in [0.3, 0.4) is 0 Å². The second-order valence-electron chi connectivity index (χ2n) is 6.14. The number of likely N-dealkylation sites (N-methyl/N-ethyl adjacent to an activating group) is 1. The average molecular weight is 310 g/mol. The van der Waals surface area contributed by atoms with Crippen molar-refractivity contribution in [3.63, 3.8) is 0 Å². The fraction of sp³-hybridized carbons (Fsp3) is 0.684. The first-order chi connectivity index (χ1) is 10.2. The molecule has 1 aromatic carbocycles. The molecule has 0 amide bonds. The highest BCUT2D eigenvalue weighted by Gasteiger charge is 2.10. The van der Waals surface area contributed by atoms with Gasteiger partial charge in [0.2, 0.25) is 0 Å². The van der Waals surface area contributed by atoms with E-state index in [1.807, 2.05) is 0 Å². The Bertz CT molecular complexity index is 360. The molecule has 0 heterocycles. The van der Waals surface area contributed by atoms with Gasteiger partial charge in [0.05, 0.1) is 5.38 Å². The lowest BCUT2D eigenvalue weighted by molar-refractivity contribution is 0.328. The highest BCUT2D eigenvalue weighted by Crippen LogP contribution is 2.22. The molecule has 0 saturated heterocycles. The minimum atomic E-state index is 0.0981. The van der Waals surface area contributed by atoms with E-state index in [0.717, 1.165) is 13.1 Å². The number of benzene rings is 1. The standard InChI is InChI=1S/C19H32ClN/c1-4-6-8-9-10-17-11-13-18(14-12-17)19(20)16-21(3)15-7-5-2/h11-14,19H,4-10,15-16H2,1-3H3. The van der Waals surface area contributed by atoms with Gasteiger partial charge in [-0.25, -0.2) is 0 Å². The predicted molar refractivity (Wildman–Crippen MR) is 95.3 cm³/mol. The summed E-state index contributed by atoms with van der Waals surface area (Å²) in [4.78, 5) is 2.33. The number of aryl methyl sites for hydroxylation is 1. The van der Waals surface area contributed by atoms with E-state index in [2.05, 4.69) is 50.1 Å². The summed E-state index contributed by atoms with van der Waals surface area (Å²) in [7, 11) is 2.16. The maximum Gasteiger partial charge on any atom is 0.0712 e. The second-order valence-corrected chi connectivity index (χ2v) is 6.66. The van der Waals surface area contributed by atoms with E-state index in [1.165, 1.54) is 56.1 Å². The van der Waals surface area contributed by atoms with E-state index in [4.69, 9.17) is 11.6 Å². The van der Waals surface area contributed by atoms with Crippen LogP contribution >= 0.6 is 11.6 Å². The van der Waals surface area contributed by atoms with Crippen molar-refractivity contribution in [1.82, 2.24) is 4.90 Å². The van der Waals surface area contributed by atoms with Gasteiger partial charge in [0.1, 0.15) is 0 Å². The van der Waals surface area contributed by atoms with Gasteiger partial charge in [0, 0.05) is 6.54 Å². The van der Waals surface area contributed by atoms with Crippen molar-refractivity contribution in [2.45, 2.75) is 64.2 Å². The van der Waals surface area contributed by atoms with Gasteiger partial charge in [0.15, 0.2) is 0 Å². The Hall–Kier alpha value is -0.530. The van der Waals surface area contributed by atoms with Crippen LogP contribution in [0.4, 0.5) is 0 Å². The summed E-state index contributed by atoms with van der Waals surface area (Å²) in [5, 5.41) is 0.0981. The molecular weight excluding hydrogens is 278 g/mol. The lowest BCUT2D eigenvalue weighted by Crippen LogP contribution is -2.23. The van der Waals surface area contributed by atoms with Gasteiger partial charge in [-0.3, -0.25) is 0 Å². The van der Waals surface area contributed by atoms with E-state index in [-0.39, 0.29) is 5.38 Å². The monoisotopic (exact) mass is 309 g/mol. The molecule has 1 rings (SSSR count). The van der Waals surface area contributed by atoms with Crippen LogP contribution in [0.25, 0.3) is 0 Å². The molecule has 0 fully saturated rings. The van der Waals surface area contributed by atoms with Gasteiger partial charge >= 0.3 is 0 Å². The predicted octanol–water partition coefficient (Wildman–Crippen LogP) is 5.82. The first kappa shape index (κ1) is 18.5. The molecule has 120 valence electrons. The molecule has 0 saturated carbocycles. The van der Waals surface area contributed by atoms with Crippen molar-refractivity contribution >= 4 is 11.6 Å². The fourth-order valence-electron chi connectivity index (χ4n) is 2.55.